The van der Waals surface area contributed by atoms with Crippen LogP contribution >= 0.6 is 0 Å². The van der Waals surface area contributed by atoms with Crippen LogP contribution in [0.4, 0.5) is 5.69 Å². The number of quaternary nitrogens is 1. The van der Waals surface area contributed by atoms with Gasteiger partial charge in [0.1, 0.15) is 5.75 Å². The minimum Gasteiger partial charge on any atom is -0.497 e. The summed E-state index contributed by atoms with van der Waals surface area (Å²) in [6.45, 7) is 3.33. The first-order valence-corrected chi connectivity index (χ1v) is 9.17. The van der Waals surface area contributed by atoms with E-state index in [1.807, 2.05) is 6.92 Å². The second-order valence-corrected chi connectivity index (χ2v) is 6.64. The van der Waals surface area contributed by atoms with Crippen molar-refractivity contribution in [1.29, 1.82) is 0 Å². The van der Waals surface area contributed by atoms with Gasteiger partial charge in [-0.05, 0) is 44.0 Å². The molecule has 138 valence electrons. The number of hydrogen-bond donors (Lipinski definition) is 3. The van der Waals surface area contributed by atoms with Crippen LogP contribution in [0, 0.1) is 0 Å². The first kappa shape index (κ1) is 19.2. The Balaban J connectivity index is 1.77. The average molecular weight is 348 g/mol. The third-order valence-corrected chi connectivity index (χ3v) is 4.67. The molecule has 2 rings (SSSR count). The maximum Gasteiger partial charge on any atom is 0.279 e. The summed E-state index contributed by atoms with van der Waals surface area (Å²) in [5.74, 6) is 0.701. The highest BCUT2D eigenvalue weighted by Crippen LogP contribution is 2.17. The van der Waals surface area contributed by atoms with Gasteiger partial charge in [0.15, 0.2) is 13.1 Å². The van der Waals surface area contributed by atoms with Crippen molar-refractivity contribution in [2.24, 2.45) is 0 Å². The van der Waals surface area contributed by atoms with Crippen molar-refractivity contribution in [1.82, 2.24) is 5.32 Å². The molecule has 1 saturated carbocycles. The van der Waals surface area contributed by atoms with Gasteiger partial charge in [-0.2, -0.15) is 0 Å². The molecule has 0 aliphatic heterocycles. The fraction of sp³-hybridized carbons (Fsp3) is 0.579. The molecule has 0 spiro atoms. The summed E-state index contributed by atoms with van der Waals surface area (Å²) in [7, 11) is 1.61. The first-order chi connectivity index (χ1) is 12.1. The minimum absolute atomic E-state index is 0.0426. The van der Waals surface area contributed by atoms with Crippen LogP contribution in [0.2, 0.25) is 0 Å². The predicted octanol–water partition coefficient (Wildman–Crippen LogP) is 0.987. The molecule has 0 bridgehead atoms. The van der Waals surface area contributed by atoms with Gasteiger partial charge in [0.05, 0.1) is 13.7 Å². The Hall–Kier alpha value is -2.08. The van der Waals surface area contributed by atoms with E-state index in [-0.39, 0.29) is 18.4 Å². The molecule has 0 saturated heterocycles. The summed E-state index contributed by atoms with van der Waals surface area (Å²) >= 11 is 0. The van der Waals surface area contributed by atoms with Crippen LogP contribution < -0.4 is 20.3 Å². The number of nitrogens with one attached hydrogen (secondary N) is 3. The Morgan fingerprint density at radius 1 is 1.08 bits per heavy atom. The summed E-state index contributed by atoms with van der Waals surface area (Å²) in [6.07, 6.45) is 5.81. The van der Waals surface area contributed by atoms with E-state index in [1.54, 1.807) is 31.4 Å². The van der Waals surface area contributed by atoms with Crippen LogP contribution in [-0.4, -0.2) is 44.6 Å². The topological polar surface area (TPSA) is 71.9 Å². The van der Waals surface area contributed by atoms with Crippen molar-refractivity contribution in [2.45, 2.75) is 45.1 Å². The monoisotopic (exact) mass is 348 g/mol. The van der Waals surface area contributed by atoms with Crippen LogP contribution in [0.15, 0.2) is 24.3 Å². The van der Waals surface area contributed by atoms with Gasteiger partial charge < -0.3 is 20.3 Å². The first-order valence-electron chi connectivity index (χ1n) is 9.17. The van der Waals surface area contributed by atoms with Gasteiger partial charge in [-0.3, -0.25) is 9.59 Å². The Morgan fingerprint density at radius 2 is 1.72 bits per heavy atom. The largest absolute Gasteiger partial charge is 0.497 e. The molecule has 1 unspecified atom stereocenters. The molecule has 0 heterocycles. The second-order valence-electron chi connectivity index (χ2n) is 6.64. The second kappa shape index (κ2) is 10.0. The van der Waals surface area contributed by atoms with Crippen molar-refractivity contribution >= 4 is 17.5 Å². The summed E-state index contributed by atoms with van der Waals surface area (Å²) in [5, 5.41) is 5.98. The van der Waals surface area contributed by atoms with Crippen molar-refractivity contribution in [3.05, 3.63) is 24.3 Å². The van der Waals surface area contributed by atoms with Crippen LogP contribution in [0.1, 0.15) is 39.0 Å². The van der Waals surface area contributed by atoms with E-state index in [4.69, 9.17) is 4.74 Å². The van der Waals surface area contributed by atoms with Crippen LogP contribution in [0.3, 0.4) is 0 Å². The molecule has 1 aliphatic rings. The number of anilines is 1. The van der Waals surface area contributed by atoms with Crippen LogP contribution in [-0.2, 0) is 9.59 Å². The van der Waals surface area contributed by atoms with E-state index in [0.717, 1.165) is 35.7 Å². The Kier molecular flexibility index (Phi) is 7.73. The molecule has 1 aromatic carbocycles. The number of rotatable bonds is 8. The fourth-order valence-corrected chi connectivity index (χ4v) is 3.17. The molecule has 1 aliphatic carbocycles. The normalized spacial score (nSPS) is 16.1. The standard InChI is InChI=1S/C19H29N3O3/c1-3-22(13-18(23)20-15-7-5-4-6-8-15)14-19(24)21-16-9-11-17(25-2)12-10-16/h9-12,15H,3-8,13-14H2,1-2H3,(H,20,23)(H,21,24)/p+1. The third kappa shape index (κ3) is 6.74. The molecule has 1 fully saturated rings. The zero-order valence-electron chi connectivity index (χ0n) is 15.3. The van der Waals surface area contributed by atoms with Gasteiger partial charge in [0.2, 0.25) is 0 Å². The number of amides is 2. The SMILES string of the molecule is CC[NH+](CC(=O)Nc1ccc(OC)cc1)CC(=O)NC1CCCCC1. The van der Waals surface area contributed by atoms with E-state index < -0.39 is 0 Å². The van der Waals surface area contributed by atoms with Gasteiger partial charge >= 0.3 is 0 Å². The highest BCUT2D eigenvalue weighted by Gasteiger charge is 2.20. The van der Waals surface area contributed by atoms with E-state index >= 15 is 0 Å². The minimum atomic E-state index is -0.0903. The smallest absolute Gasteiger partial charge is 0.279 e. The molecule has 6 nitrogen and oxygen atoms in total. The van der Waals surface area contributed by atoms with Crippen molar-refractivity contribution in [3.8, 4) is 5.75 Å². The van der Waals surface area contributed by atoms with Crippen LogP contribution in [0.25, 0.3) is 0 Å². The molecule has 2 amide bonds. The quantitative estimate of drug-likeness (QED) is 0.656. The van der Waals surface area contributed by atoms with Gasteiger partial charge in [0, 0.05) is 11.7 Å². The molecule has 3 N–H and O–H groups in total. The summed E-state index contributed by atoms with van der Waals surface area (Å²) in [4.78, 5) is 25.4. The van der Waals surface area contributed by atoms with E-state index in [1.165, 1.54) is 19.3 Å². The lowest BCUT2D eigenvalue weighted by Gasteiger charge is -2.24. The molecule has 1 atom stereocenters. The van der Waals surface area contributed by atoms with Gasteiger partial charge in [0.25, 0.3) is 11.8 Å². The van der Waals surface area contributed by atoms with Gasteiger partial charge in [-0.25, -0.2) is 0 Å². The van der Waals surface area contributed by atoms with E-state index in [0.29, 0.717) is 12.6 Å². The number of hydrogen-bond acceptors (Lipinski definition) is 3. The lowest BCUT2D eigenvalue weighted by molar-refractivity contribution is -0.881. The lowest BCUT2D eigenvalue weighted by Crippen LogP contribution is -3.14. The fourth-order valence-electron chi connectivity index (χ4n) is 3.17. The summed E-state index contributed by atoms with van der Waals surface area (Å²) in [5.41, 5.74) is 0.730. The Labute approximate surface area is 149 Å². The van der Waals surface area contributed by atoms with Crippen LogP contribution in [0.5, 0.6) is 5.75 Å². The molecule has 25 heavy (non-hydrogen) atoms. The summed E-state index contributed by atoms with van der Waals surface area (Å²) < 4.78 is 5.10. The molecule has 0 aromatic heterocycles. The van der Waals surface area contributed by atoms with Crippen molar-refractivity contribution < 1.29 is 19.2 Å². The zero-order valence-corrected chi connectivity index (χ0v) is 15.3. The number of likely N-dealkylation sites (N-methyl/N-ethyl adjacent to an activating group) is 1. The van der Waals surface area contributed by atoms with Gasteiger partial charge in [-0.15, -0.1) is 0 Å². The molecular weight excluding hydrogens is 318 g/mol. The number of methoxy groups -OCH3 is 1. The molecule has 1 aromatic rings. The number of benzene rings is 1. The van der Waals surface area contributed by atoms with Gasteiger partial charge in [-0.1, -0.05) is 19.3 Å². The summed E-state index contributed by atoms with van der Waals surface area (Å²) in [6, 6.07) is 7.53. The third-order valence-electron chi connectivity index (χ3n) is 4.67. The maximum absolute atomic E-state index is 12.2. The number of carbonyl (C=O) groups is 2. The highest BCUT2D eigenvalue weighted by molar-refractivity contribution is 5.91. The Bertz CT molecular complexity index is 554. The lowest BCUT2D eigenvalue weighted by atomic mass is 9.95. The number of carbonyl (C=O) groups excluding carboxylic acids is 2. The van der Waals surface area contributed by atoms with Crippen molar-refractivity contribution in [2.75, 3.05) is 32.1 Å². The maximum atomic E-state index is 12.2. The van der Waals surface area contributed by atoms with Crippen molar-refractivity contribution in [3.63, 3.8) is 0 Å². The molecule has 6 heteroatoms. The number of ether oxygens (including phenoxy) is 1. The molecule has 0 radical (unpaired) electrons. The highest BCUT2D eigenvalue weighted by atomic mass is 16.5. The molecular formula is C19H30N3O3+. The average Bonchev–Trinajstić information content (AvgIpc) is 2.62. The van der Waals surface area contributed by atoms with E-state index in [2.05, 4.69) is 10.6 Å². The Morgan fingerprint density at radius 3 is 2.32 bits per heavy atom. The predicted molar refractivity (Wildman–Crippen MR) is 97.9 cm³/mol. The van der Waals surface area contributed by atoms with E-state index in [9.17, 15) is 9.59 Å². The zero-order chi connectivity index (χ0) is 18.1.